The number of nitrogens with two attached hydrogens (primary N) is 1. The molecule has 0 spiro atoms. The fourth-order valence-electron chi connectivity index (χ4n) is 6.30. The number of carbonyl (C=O) groups excluding carboxylic acids is 4. The van der Waals surface area contributed by atoms with E-state index < -0.39 is 59.2 Å². The Kier molecular flexibility index (Phi) is 17.2. The van der Waals surface area contributed by atoms with Crippen molar-refractivity contribution in [1.29, 1.82) is 0 Å². The fourth-order valence-corrected chi connectivity index (χ4v) is 6.30. The minimum atomic E-state index is -1.17. The van der Waals surface area contributed by atoms with E-state index in [-0.39, 0.29) is 31.5 Å². The third kappa shape index (κ3) is 14.3. The number of imidazole rings is 1. The number of Topliss-reactive ketones (excluding diaryl/α,β-unsaturated/α-hetero) is 2. The molecule has 1 heterocycles. The molecule has 0 fully saturated rings. The number of nitrogens with zero attached hydrogens (tertiary/aromatic N) is 1. The summed E-state index contributed by atoms with van der Waals surface area (Å²) in [6, 6.07) is 13.5. The molecule has 0 radical (unpaired) electrons. The minimum Gasteiger partial charge on any atom is -0.480 e. The number of ketones is 2. The van der Waals surface area contributed by atoms with Crippen molar-refractivity contribution in [3.63, 3.8) is 0 Å². The number of benzene rings is 2. The summed E-state index contributed by atoms with van der Waals surface area (Å²) in [6.07, 6.45) is 6.71. The zero-order valence-electron chi connectivity index (χ0n) is 32.7. The van der Waals surface area contributed by atoms with Gasteiger partial charge in [0.05, 0.1) is 24.0 Å². The van der Waals surface area contributed by atoms with Gasteiger partial charge >= 0.3 is 5.97 Å². The number of carboxylic acids is 1. The number of hydrogen-bond donors (Lipinski definition) is 5. The molecule has 0 aliphatic heterocycles. The molecule has 54 heavy (non-hydrogen) atoms. The van der Waals surface area contributed by atoms with Crippen LogP contribution in [0.4, 0.5) is 0 Å². The van der Waals surface area contributed by atoms with E-state index in [9.17, 15) is 29.1 Å². The number of rotatable bonds is 23. The van der Waals surface area contributed by atoms with Gasteiger partial charge in [0.2, 0.25) is 11.8 Å². The standard InChI is InChI=1S/C42H59N5O7/c1-7-8-11-29-13-15-30(16-14-29)31-17-19-32(20-18-31)36(48)24-33(23-34-25-44-26-45-34)40(51)47-38(28(3)54-42(4,5)6)37(49)22-27(2)39(50)46-35(41(52)53)12-9-10-21-43/h13-20,25-28,33,35,38H,7-12,21-24,43H2,1-6H3,(H,44,45)(H,46,50)(H,47,51)(H,52,53)/t27-,28-,33-,35+,38+/m1/s1. The predicted molar refractivity (Wildman–Crippen MR) is 209 cm³/mol. The SMILES string of the molecule is CCCCc1ccc(-c2ccc(C(=O)C[C@@H](Cc3cnc[nH]3)C(=O)N[C@H](C(=O)C[C@@H](C)C(=O)N[C@@H](CCCCN)C(=O)O)[C@@H](C)OC(C)(C)C)cc2)cc1. The molecule has 2 amide bonds. The number of amides is 2. The highest BCUT2D eigenvalue weighted by Crippen LogP contribution is 2.24. The Bertz CT molecular complexity index is 1650. The Hall–Kier alpha value is -4.68. The van der Waals surface area contributed by atoms with Crippen molar-refractivity contribution >= 4 is 29.4 Å². The van der Waals surface area contributed by atoms with Gasteiger partial charge in [0.25, 0.3) is 0 Å². The van der Waals surface area contributed by atoms with Gasteiger partial charge in [0.15, 0.2) is 11.6 Å². The van der Waals surface area contributed by atoms with Crippen LogP contribution in [0.3, 0.4) is 0 Å². The molecule has 294 valence electrons. The molecule has 5 atom stereocenters. The second-order valence-electron chi connectivity index (χ2n) is 15.2. The predicted octanol–water partition coefficient (Wildman–Crippen LogP) is 5.83. The van der Waals surface area contributed by atoms with Crippen molar-refractivity contribution in [2.75, 3.05) is 6.54 Å². The Balaban J connectivity index is 1.78. The van der Waals surface area contributed by atoms with Crippen LogP contribution in [-0.2, 0) is 36.8 Å². The van der Waals surface area contributed by atoms with E-state index in [1.54, 1.807) is 25.3 Å². The summed E-state index contributed by atoms with van der Waals surface area (Å²) >= 11 is 0. The summed E-state index contributed by atoms with van der Waals surface area (Å²) in [7, 11) is 0. The van der Waals surface area contributed by atoms with E-state index in [0.29, 0.717) is 30.6 Å². The maximum Gasteiger partial charge on any atom is 0.326 e. The van der Waals surface area contributed by atoms with Gasteiger partial charge in [-0.1, -0.05) is 68.8 Å². The summed E-state index contributed by atoms with van der Waals surface area (Å²) in [4.78, 5) is 73.5. The van der Waals surface area contributed by atoms with Gasteiger partial charge in [-0.3, -0.25) is 19.2 Å². The fraction of sp³-hybridized carbons (Fsp3) is 0.524. The quantitative estimate of drug-likeness (QED) is 0.0586. The van der Waals surface area contributed by atoms with Crippen molar-refractivity contribution in [3.05, 3.63) is 77.9 Å². The van der Waals surface area contributed by atoms with E-state index in [1.807, 2.05) is 32.9 Å². The van der Waals surface area contributed by atoms with Gasteiger partial charge in [0, 0.05) is 42.6 Å². The average Bonchev–Trinajstić information content (AvgIpc) is 3.64. The molecule has 12 heteroatoms. The van der Waals surface area contributed by atoms with Crippen LogP contribution in [-0.4, -0.2) is 74.8 Å². The third-order valence-corrected chi connectivity index (χ3v) is 9.31. The van der Waals surface area contributed by atoms with Gasteiger partial charge in [0.1, 0.15) is 12.1 Å². The lowest BCUT2D eigenvalue weighted by molar-refractivity contribution is -0.143. The smallest absolute Gasteiger partial charge is 0.326 e. The van der Waals surface area contributed by atoms with Crippen LogP contribution in [0.15, 0.2) is 61.1 Å². The van der Waals surface area contributed by atoms with Gasteiger partial charge in [-0.2, -0.15) is 0 Å². The number of H-pyrrole nitrogens is 1. The van der Waals surface area contributed by atoms with Crippen LogP contribution in [0.5, 0.6) is 0 Å². The van der Waals surface area contributed by atoms with Crippen LogP contribution in [0.1, 0.15) is 108 Å². The van der Waals surface area contributed by atoms with Crippen molar-refractivity contribution in [2.45, 2.75) is 123 Å². The number of ether oxygens (including phenoxy) is 1. The Labute approximate surface area is 319 Å². The molecule has 0 aliphatic carbocycles. The molecule has 0 saturated heterocycles. The van der Waals surface area contributed by atoms with Crippen LogP contribution in [0.25, 0.3) is 11.1 Å². The number of unbranched alkanes of at least 4 members (excludes halogenated alkanes) is 2. The minimum absolute atomic E-state index is 0.134. The van der Waals surface area contributed by atoms with Crippen molar-refractivity contribution < 1.29 is 33.8 Å². The summed E-state index contributed by atoms with van der Waals surface area (Å²) in [5.74, 6) is -4.73. The van der Waals surface area contributed by atoms with Crippen LogP contribution in [0, 0.1) is 11.8 Å². The molecule has 6 N–H and O–H groups in total. The summed E-state index contributed by atoms with van der Waals surface area (Å²) < 4.78 is 6.12. The molecule has 0 bridgehead atoms. The van der Waals surface area contributed by atoms with Crippen LogP contribution in [0.2, 0.25) is 0 Å². The summed E-state index contributed by atoms with van der Waals surface area (Å²) in [5, 5.41) is 15.0. The first-order chi connectivity index (χ1) is 25.6. The first-order valence-corrected chi connectivity index (χ1v) is 19.1. The Morgan fingerprint density at radius 2 is 1.54 bits per heavy atom. The monoisotopic (exact) mass is 745 g/mol. The number of aryl methyl sites for hydroxylation is 1. The molecular weight excluding hydrogens is 686 g/mol. The highest BCUT2D eigenvalue weighted by Gasteiger charge is 2.35. The lowest BCUT2D eigenvalue weighted by atomic mass is 9.91. The number of nitrogens with one attached hydrogen (secondary N) is 3. The number of aromatic amines is 1. The average molecular weight is 746 g/mol. The molecular formula is C42H59N5O7. The number of carbonyl (C=O) groups is 5. The van der Waals surface area contributed by atoms with Crippen molar-refractivity contribution in [2.24, 2.45) is 17.6 Å². The van der Waals surface area contributed by atoms with Gasteiger partial charge in [-0.15, -0.1) is 0 Å². The van der Waals surface area contributed by atoms with E-state index in [2.05, 4.69) is 51.8 Å². The number of carboxylic acid groups (broad SMARTS) is 1. The molecule has 2 aromatic carbocycles. The van der Waals surface area contributed by atoms with Gasteiger partial charge < -0.3 is 31.2 Å². The second kappa shape index (κ2) is 21.3. The normalized spacial score (nSPS) is 14.4. The van der Waals surface area contributed by atoms with Crippen LogP contribution < -0.4 is 16.4 Å². The topological polar surface area (TPSA) is 194 Å². The van der Waals surface area contributed by atoms with E-state index in [1.165, 1.54) is 18.8 Å². The third-order valence-electron chi connectivity index (χ3n) is 9.31. The lowest BCUT2D eigenvalue weighted by Gasteiger charge is -2.32. The number of aliphatic carboxylic acids is 1. The highest BCUT2D eigenvalue weighted by atomic mass is 16.5. The van der Waals surface area contributed by atoms with E-state index in [4.69, 9.17) is 10.5 Å². The largest absolute Gasteiger partial charge is 0.480 e. The zero-order valence-corrected chi connectivity index (χ0v) is 32.7. The second-order valence-corrected chi connectivity index (χ2v) is 15.2. The summed E-state index contributed by atoms with van der Waals surface area (Å²) in [5.41, 5.74) is 9.27. The first kappa shape index (κ1) is 43.7. The molecule has 3 rings (SSSR count). The molecule has 0 aliphatic rings. The molecule has 0 saturated carbocycles. The summed E-state index contributed by atoms with van der Waals surface area (Å²) in [6.45, 7) is 11.3. The Morgan fingerprint density at radius 3 is 2.09 bits per heavy atom. The van der Waals surface area contributed by atoms with Crippen LogP contribution >= 0.6 is 0 Å². The zero-order chi connectivity index (χ0) is 39.8. The molecule has 0 unspecified atom stereocenters. The number of aromatic nitrogens is 2. The molecule has 1 aromatic heterocycles. The van der Waals surface area contributed by atoms with Gasteiger partial charge in [-0.25, -0.2) is 9.78 Å². The maximum absolute atomic E-state index is 14.1. The maximum atomic E-state index is 14.1. The first-order valence-electron chi connectivity index (χ1n) is 19.1. The highest BCUT2D eigenvalue weighted by molar-refractivity contribution is 6.00. The lowest BCUT2D eigenvalue weighted by Crippen LogP contribution is -2.53. The molecule has 12 nitrogen and oxygen atoms in total. The van der Waals surface area contributed by atoms with E-state index >= 15 is 0 Å². The van der Waals surface area contributed by atoms with Gasteiger partial charge in [-0.05, 0) is 83.0 Å². The number of hydrogen-bond acceptors (Lipinski definition) is 8. The molecule has 3 aromatic rings. The van der Waals surface area contributed by atoms with Crippen molar-refractivity contribution in [3.8, 4) is 11.1 Å². The Morgan fingerprint density at radius 1 is 0.889 bits per heavy atom. The van der Waals surface area contributed by atoms with E-state index in [0.717, 1.165) is 30.4 Å². The van der Waals surface area contributed by atoms with Crippen molar-refractivity contribution in [1.82, 2.24) is 20.6 Å².